The molecule has 1 saturated heterocycles. The topological polar surface area (TPSA) is 71.1 Å². The van der Waals surface area contributed by atoms with Crippen molar-refractivity contribution < 1.29 is 19.1 Å². The van der Waals surface area contributed by atoms with Crippen molar-refractivity contribution in [3.8, 4) is 17.2 Å². The molecule has 0 bridgehead atoms. The molecule has 3 aromatic rings. The first-order chi connectivity index (χ1) is 18.6. The van der Waals surface area contributed by atoms with E-state index in [4.69, 9.17) is 9.47 Å². The van der Waals surface area contributed by atoms with Crippen LogP contribution in [0, 0.1) is 0 Å². The standard InChI is InChI=1S/C31H37N3O4/c1-3-33(4-2)31(36)38-28-17-14-24(15-18-28)22-26-23-32-20-21-34(26)30(35)19-16-25-10-8-9-13-29(25)37-27-11-6-5-7-12-27/h5-15,17-18,26,32H,3-4,16,19-23H2,1-2H3/t26-/m1/s1. The molecule has 1 aliphatic heterocycles. The number of nitrogens with zero attached hydrogens (tertiary/aromatic N) is 2. The number of carbonyl (C=O) groups excluding carboxylic acids is 2. The van der Waals surface area contributed by atoms with Gasteiger partial charge in [0.25, 0.3) is 0 Å². The van der Waals surface area contributed by atoms with E-state index in [0.29, 0.717) is 38.2 Å². The highest BCUT2D eigenvalue weighted by atomic mass is 16.6. The lowest BCUT2D eigenvalue weighted by Crippen LogP contribution is -2.54. The van der Waals surface area contributed by atoms with Crippen LogP contribution in [0.3, 0.4) is 0 Å². The average Bonchev–Trinajstić information content (AvgIpc) is 2.95. The van der Waals surface area contributed by atoms with E-state index in [2.05, 4.69) is 5.32 Å². The minimum atomic E-state index is -0.341. The molecule has 1 N–H and O–H groups in total. The third-order valence-electron chi connectivity index (χ3n) is 6.84. The largest absolute Gasteiger partial charge is 0.457 e. The van der Waals surface area contributed by atoms with E-state index in [1.54, 1.807) is 4.90 Å². The van der Waals surface area contributed by atoms with Gasteiger partial charge in [-0.15, -0.1) is 0 Å². The maximum atomic E-state index is 13.3. The Balaban J connectivity index is 1.35. The number of hydrogen-bond donors (Lipinski definition) is 1. The molecular weight excluding hydrogens is 478 g/mol. The number of ether oxygens (including phenoxy) is 2. The van der Waals surface area contributed by atoms with Gasteiger partial charge in [0.1, 0.15) is 17.2 Å². The summed E-state index contributed by atoms with van der Waals surface area (Å²) in [5.41, 5.74) is 2.12. The summed E-state index contributed by atoms with van der Waals surface area (Å²) in [5, 5.41) is 3.42. The fourth-order valence-electron chi connectivity index (χ4n) is 4.70. The number of para-hydroxylation sites is 2. The molecule has 0 unspecified atom stereocenters. The van der Waals surface area contributed by atoms with Crippen LogP contribution in [-0.2, 0) is 17.6 Å². The summed E-state index contributed by atoms with van der Waals surface area (Å²) in [5.74, 6) is 2.24. The monoisotopic (exact) mass is 515 g/mol. The van der Waals surface area contributed by atoms with Crippen LogP contribution in [0.15, 0.2) is 78.9 Å². The van der Waals surface area contributed by atoms with Gasteiger partial charge < -0.3 is 24.6 Å². The summed E-state index contributed by atoms with van der Waals surface area (Å²) in [4.78, 5) is 29.2. The van der Waals surface area contributed by atoms with Gasteiger partial charge in [-0.05, 0) is 68.1 Å². The first-order valence-corrected chi connectivity index (χ1v) is 13.4. The Kier molecular flexibility index (Phi) is 9.76. The van der Waals surface area contributed by atoms with Gasteiger partial charge in [-0.1, -0.05) is 48.5 Å². The molecule has 3 aromatic carbocycles. The lowest BCUT2D eigenvalue weighted by molar-refractivity contribution is -0.134. The Labute approximate surface area is 225 Å². The van der Waals surface area contributed by atoms with E-state index in [0.717, 1.165) is 42.1 Å². The fraction of sp³-hybridized carbons (Fsp3) is 0.355. The van der Waals surface area contributed by atoms with E-state index in [-0.39, 0.29) is 18.0 Å². The number of hydrogen-bond acceptors (Lipinski definition) is 5. The molecule has 0 radical (unpaired) electrons. The zero-order valence-electron chi connectivity index (χ0n) is 22.3. The normalized spacial score (nSPS) is 15.1. The van der Waals surface area contributed by atoms with Crippen LogP contribution < -0.4 is 14.8 Å². The van der Waals surface area contributed by atoms with Gasteiger partial charge in [-0.25, -0.2) is 4.79 Å². The lowest BCUT2D eigenvalue weighted by atomic mass is 10.0. The van der Waals surface area contributed by atoms with E-state index < -0.39 is 0 Å². The minimum Gasteiger partial charge on any atom is -0.457 e. The highest BCUT2D eigenvalue weighted by Gasteiger charge is 2.26. The van der Waals surface area contributed by atoms with Gasteiger partial charge in [0.05, 0.1) is 0 Å². The minimum absolute atomic E-state index is 0.0659. The molecule has 38 heavy (non-hydrogen) atoms. The quantitative estimate of drug-likeness (QED) is 0.397. The van der Waals surface area contributed by atoms with Crippen molar-refractivity contribution in [1.82, 2.24) is 15.1 Å². The number of aryl methyl sites for hydroxylation is 1. The van der Waals surface area contributed by atoms with Gasteiger partial charge in [0.2, 0.25) is 5.91 Å². The first-order valence-electron chi connectivity index (χ1n) is 13.4. The number of rotatable bonds is 10. The average molecular weight is 516 g/mol. The van der Waals surface area contributed by atoms with Crippen LogP contribution in [0.2, 0.25) is 0 Å². The van der Waals surface area contributed by atoms with Crippen molar-refractivity contribution in [3.05, 3.63) is 90.0 Å². The third-order valence-corrected chi connectivity index (χ3v) is 6.84. The maximum absolute atomic E-state index is 13.3. The van der Waals surface area contributed by atoms with Gasteiger partial charge in [0.15, 0.2) is 0 Å². The molecule has 0 aliphatic carbocycles. The summed E-state index contributed by atoms with van der Waals surface area (Å²) in [6.07, 6.45) is 1.43. The number of carbonyl (C=O) groups is 2. The number of benzene rings is 3. The van der Waals surface area contributed by atoms with E-state index >= 15 is 0 Å². The van der Waals surface area contributed by atoms with Crippen molar-refractivity contribution in [2.45, 2.75) is 39.2 Å². The summed E-state index contributed by atoms with van der Waals surface area (Å²) < 4.78 is 11.6. The molecule has 2 amide bonds. The fourth-order valence-corrected chi connectivity index (χ4v) is 4.70. The molecule has 7 heteroatoms. The molecule has 0 spiro atoms. The van der Waals surface area contributed by atoms with E-state index in [1.165, 1.54) is 0 Å². The molecule has 1 atom stereocenters. The predicted molar refractivity (Wildman–Crippen MR) is 149 cm³/mol. The van der Waals surface area contributed by atoms with Crippen LogP contribution in [-0.4, -0.2) is 60.6 Å². The first kappa shape index (κ1) is 27.2. The zero-order valence-corrected chi connectivity index (χ0v) is 22.3. The SMILES string of the molecule is CCN(CC)C(=O)Oc1ccc(C[C@@H]2CNCCN2C(=O)CCc2ccccc2Oc2ccccc2)cc1. The van der Waals surface area contributed by atoms with Crippen molar-refractivity contribution in [3.63, 3.8) is 0 Å². The van der Waals surface area contributed by atoms with Gasteiger partial charge in [-0.3, -0.25) is 4.79 Å². The highest BCUT2D eigenvalue weighted by Crippen LogP contribution is 2.26. The Morgan fingerprint density at radius 1 is 0.921 bits per heavy atom. The molecule has 1 aliphatic rings. The number of amides is 2. The molecular formula is C31H37N3O4. The Morgan fingerprint density at radius 3 is 2.37 bits per heavy atom. The van der Waals surface area contributed by atoms with Gasteiger partial charge in [0, 0.05) is 45.2 Å². The molecule has 0 saturated carbocycles. The highest BCUT2D eigenvalue weighted by molar-refractivity contribution is 5.77. The number of piperazine rings is 1. The van der Waals surface area contributed by atoms with E-state index in [9.17, 15) is 9.59 Å². The Bertz CT molecular complexity index is 1180. The predicted octanol–water partition coefficient (Wildman–Crippen LogP) is 5.30. The van der Waals surface area contributed by atoms with Crippen molar-refractivity contribution >= 4 is 12.0 Å². The van der Waals surface area contributed by atoms with Crippen LogP contribution in [0.1, 0.15) is 31.4 Å². The number of nitrogens with one attached hydrogen (secondary N) is 1. The molecule has 0 aromatic heterocycles. The van der Waals surface area contributed by atoms with Crippen molar-refractivity contribution in [2.75, 3.05) is 32.7 Å². The molecule has 7 nitrogen and oxygen atoms in total. The lowest BCUT2D eigenvalue weighted by Gasteiger charge is -2.36. The zero-order chi connectivity index (χ0) is 26.7. The molecule has 4 rings (SSSR count). The van der Waals surface area contributed by atoms with Crippen LogP contribution >= 0.6 is 0 Å². The second-order valence-corrected chi connectivity index (χ2v) is 9.36. The second kappa shape index (κ2) is 13.6. The summed E-state index contributed by atoms with van der Waals surface area (Å²) in [7, 11) is 0. The van der Waals surface area contributed by atoms with Crippen molar-refractivity contribution in [1.29, 1.82) is 0 Å². The summed E-state index contributed by atoms with van der Waals surface area (Å²) >= 11 is 0. The van der Waals surface area contributed by atoms with Crippen LogP contribution in [0.5, 0.6) is 17.2 Å². The summed E-state index contributed by atoms with van der Waals surface area (Å²) in [6, 6.07) is 25.2. The van der Waals surface area contributed by atoms with E-state index in [1.807, 2.05) is 97.6 Å². The smallest absolute Gasteiger partial charge is 0.415 e. The summed E-state index contributed by atoms with van der Waals surface area (Å²) in [6.45, 7) is 7.29. The van der Waals surface area contributed by atoms with Crippen molar-refractivity contribution in [2.24, 2.45) is 0 Å². The molecule has 1 heterocycles. The maximum Gasteiger partial charge on any atom is 0.415 e. The van der Waals surface area contributed by atoms with Gasteiger partial charge in [-0.2, -0.15) is 0 Å². The second-order valence-electron chi connectivity index (χ2n) is 9.36. The molecule has 1 fully saturated rings. The third kappa shape index (κ3) is 7.35. The van der Waals surface area contributed by atoms with Crippen LogP contribution in [0.4, 0.5) is 4.79 Å². The Morgan fingerprint density at radius 2 is 1.63 bits per heavy atom. The Hall–Kier alpha value is -3.84. The van der Waals surface area contributed by atoms with Gasteiger partial charge >= 0.3 is 6.09 Å². The molecule has 200 valence electrons. The van der Waals surface area contributed by atoms with Crippen LogP contribution in [0.25, 0.3) is 0 Å².